The van der Waals surface area contributed by atoms with Crippen LogP contribution in [0.2, 0.25) is 0 Å². The van der Waals surface area contributed by atoms with Crippen LogP contribution in [0.25, 0.3) is 0 Å². The third-order valence-corrected chi connectivity index (χ3v) is 2.91. The van der Waals surface area contributed by atoms with Gasteiger partial charge in [0, 0.05) is 0 Å². The van der Waals surface area contributed by atoms with E-state index < -0.39 is 0 Å². The van der Waals surface area contributed by atoms with Crippen LogP contribution >= 0.6 is 12.2 Å². The number of ether oxygens (including phenoxy) is 2. The first kappa shape index (κ1) is 13.4. The first-order valence-electron chi connectivity index (χ1n) is 5.86. The molecule has 0 spiro atoms. The van der Waals surface area contributed by atoms with Gasteiger partial charge >= 0.3 is 0 Å². The maximum absolute atomic E-state index is 5.81. The molecule has 0 heterocycles. The molecular formula is C15H15NO2S. The molecule has 0 fully saturated rings. The Morgan fingerprint density at radius 3 is 2.47 bits per heavy atom. The third kappa shape index (κ3) is 3.23. The molecule has 2 N–H and O–H groups in total. The maximum Gasteiger partial charge on any atom is 0.171 e. The molecule has 0 bridgehead atoms. The first-order valence-corrected chi connectivity index (χ1v) is 6.26. The molecular weight excluding hydrogens is 258 g/mol. The zero-order valence-electron chi connectivity index (χ0n) is 10.6. The van der Waals surface area contributed by atoms with Gasteiger partial charge in [-0.05, 0) is 17.7 Å². The molecule has 2 aromatic rings. The number of benzene rings is 2. The van der Waals surface area contributed by atoms with Gasteiger partial charge in [0.05, 0.1) is 12.7 Å². The molecule has 0 unspecified atom stereocenters. The van der Waals surface area contributed by atoms with Gasteiger partial charge in [-0.3, -0.25) is 0 Å². The molecule has 98 valence electrons. The van der Waals surface area contributed by atoms with E-state index in [9.17, 15) is 0 Å². The van der Waals surface area contributed by atoms with Gasteiger partial charge in [0.1, 0.15) is 11.6 Å². The smallest absolute Gasteiger partial charge is 0.171 e. The lowest BCUT2D eigenvalue weighted by molar-refractivity contribution is 0.284. The topological polar surface area (TPSA) is 44.5 Å². The molecule has 0 aromatic heterocycles. The molecule has 0 aliphatic rings. The molecule has 4 heteroatoms. The number of methoxy groups -OCH3 is 1. The highest BCUT2D eigenvalue weighted by Crippen LogP contribution is 2.31. The van der Waals surface area contributed by atoms with Crippen LogP contribution in [0.4, 0.5) is 0 Å². The van der Waals surface area contributed by atoms with Crippen molar-refractivity contribution >= 4 is 17.2 Å². The second kappa shape index (κ2) is 6.20. The summed E-state index contributed by atoms with van der Waals surface area (Å²) in [5.41, 5.74) is 7.46. The Balaban J connectivity index is 2.25. The van der Waals surface area contributed by atoms with Crippen LogP contribution in [-0.4, -0.2) is 12.1 Å². The number of para-hydroxylation sites is 1. The Morgan fingerprint density at radius 2 is 1.84 bits per heavy atom. The molecule has 0 saturated carbocycles. The molecule has 3 nitrogen and oxygen atoms in total. The monoisotopic (exact) mass is 273 g/mol. The van der Waals surface area contributed by atoms with Crippen molar-refractivity contribution in [2.45, 2.75) is 6.61 Å². The van der Waals surface area contributed by atoms with E-state index in [0.717, 1.165) is 5.56 Å². The van der Waals surface area contributed by atoms with Crippen molar-refractivity contribution in [2.75, 3.05) is 7.11 Å². The average Bonchev–Trinajstić information content (AvgIpc) is 2.45. The van der Waals surface area contributed by atoms with Crippen LogP contribution in [-0.2, 0) is 6.61 Å². The lowest BCUT2D eigenvalue weighted by Gasteiger charge is -2.14. The summed E-state index contributed by atoms with van der Waals surface area (Å²) in [7, 11) is 1.59. The summed E-state index contributed by atoms with van der Waals surface area (Å²) in [6.45, 7) is 0.441. The normalized spacial score (nSPS) is 9.95. The Bertz CT molecular complexity index is 570. The predicted molar refractivity (Wildman–Crippen MR) is 79.7 cm³/mol. The van der Waals surface area contributed by atoms with Gasteiger partial charge < -0.3 is 15.2 Å². The fourth-order valence-electron chi connectivity index (χ4n) is 1.75. The summed E-state index contributed by atoms with van der Waals surface area (Å²) in [6, 6.07) is 15.4. The standard InChI is InChI=1S/C15H15NO2S/c1-17-13-9-5-8-12(15(16)19)14(13)18-10-11-6-3-2-4-7-11/h2-9H,10H2,1H3,(H2,16,19). The Labute approximate surface area is 118 Å². The minimum Gasteiger partial charge on any atom is -0.493 e. The second-order valence-corrected chi connectivity index (χ2v) is 4.42. The largest absolute Gasteiger partial charge is 0.493 e. The van der Waals surface area contributed by atoms with Crippen molar-refractivity contribution in [3.63, 3.8) is 0 Å². The minimum atomic E-state index is 0.293. The fourth-order valence-corrected chi connectivity index (χ4v) is 1.91. The van der Waals surface area contributed by atoms with E-state index >= 15 is 0 Å². The van der Waals surface area contributed by atoms with Crippen molar-refractivity contribution < 1.29 is 9.47 Å². The van der Waals surface area contributed by atoms with Crippen LogP contribution in [0.15, 0.2) is 48.5 Å². The molecule has 2 aromatic carbocycles. The number of hydrogen-bond acceptors (Lipinski definition) is 3. The molecule has 19 heavy (non-hydrogen) atoms. The highest BCUT2D eigenvalue weighted by atomic mass is 32.1. The number of rotatable bonds is 5. The van der Waals surface area contributed by atoms with Gasteiger partial charge in [0.25, 0.3) is 0 Å². The highest BCUT2D eigenvalue weighted by molar-refractivity contribution is 7.80. The maximum atomic E-state index is 5.81. The molecule has 0 aliphatic heterocycles. The van der Waals surface area contributed by atoms with E-state index in [1.54, 1.807) is 7.11 Å². The van der Waals surface area contributed by atoms with E-state index in [-0.39, 0.29) is 0 Å². The van der Waals surface area contributed by atoms with Crippen molar-refractivity contribution in [2.24, 2.45) is 5.73 Å². The number of thiocarbonyl (C=S) groups is 1. The number of hydrogen-bond donors (Lipinski definition) is 1. The number of nitrogens with two attached hydrogens (primary N) is 1. The molecule has 0 amide bonds. The van der Waals surface area contributed by atoms with Crippen molar-refractivity contribution in [1.82, 2.24) is 0 Å². The summed E-state index contributed by atoms with van der Waals surface area (Å²) in [5, 5.41) is 0. The minimum absolute atomic E-state index is 0.293. The average molecular weight is 273 g/mol. The van der Waals surface area contributed by atoms with Gasteiger partial charge in [-0.25, -0.2) is 0 Å². The first-order chi connectivity index (χ1) is 9.22. The van der Waals surface area contributed by atoms with E-state index in [1.807, 2.05) is 48.5 Å². The van der Waals surface area contributed by atoms with Gasteiger partial charge in [-0.15, -0.1) is 0 Å². The Hall–Kier alpha value is -2.07. The summed E-state index contributed by atoms with van der Waals surface area (Å²) in [5.74, 6) is 1.21. The molecule has 0 radical (unpaired) electrons. The highest BCUT2D eigenvalue weighted by Gasteiger charge is 2.12. The van der Waals surface area contributed by atoms with Gasteiger partial charge in [0.15, 0.2) is 11.5 Å². The van der Waals surface area contributed by atoms with Gasteiger partial charge in [0.2, 0.25) is 0 Å². The van der Waals surface area contributed by atoms with Crippen molar-refractivity contribution in [3.05, 3.63) is 59.7 Å². The van der Waals surface area contributed by atoms with E-state index in [2.05, 4.69) is 0 Å². The second-order valence-electron chi connectivity index (χ2n) is 3.98. The quantitative estimate of drug-likeness (QED) is 0.851. The molecule has 0 saturated heterocycles. The lowest BCUT2D eigenvalue weighted by Crippen LogP contribution is -2.12. The zero-order valence-corrected chi connectivity index (χ0v) is 11.4. The summed E-state index contributed by atoms with van der Waals surface area (Å²) in [6.07, 6.45) is 0. The molecule has 0 aliphatic carbocycles. The summed E-state index contributed by atoms with van der Waals surface area (Å²) >= 11 is 5.03. The van der Waals surface area contributed by atoms with Gasteiger partial charge in [-0.1, -0.05) is 48.6 Å². The van der Waals surface area contributed by atoms with Crippen LogP contribution < -0.4 is 15.2 Å². The summed E-state index contributed by atoms with van der Waals surface area (Å²) in [4.78, 5) is 0.293. The van der Waals surface area contributed by atoms with Gasteiger partial charge in [-0.2, -0.15) is 0 Å². The fraction of sp³-hybridized carbons (Fsp3) is 0.133. The van der Waals surface area contributed by atoms with Crippen LogP contribution in [0.1, 0.15) is 11.1 Å². The molecule has 2 rings (SSSR count). The van der Waals surface area contributed by atoms with Crippen molar-refractivity contribution in [1.29, 1.82) is 0 Å². The third-order valence-electron chi connectivity index (χ3n) is 2.69. The zero-order chi connectivity index (χ0) is 13.7. The van der Waals surface area contributed by atoms with Crippen LogP contribution in [0.3, 0.4) is 0 Å². The Morgan fingerprint density at radius 1 is 1.11 bits per heavy atom. The Kier molecular flexibility index (Phi) is 4.36. The lowest BCUT2D eigenvalue weighted by atomic mass is 10.2. The summed E-state index contributed by atoms with van der Waals surface area (Å²) < 4.78 is 11.1. The molecule has 0 atom stereocenters. The van der Waals surface area contributed by atoms with E-state index in [0.29, 0.717) is 28.7 Å². The van der Waals surface area contributed by atoms with E-state index in [4.69, 9.17) is 27.4 Å². The van der Waals surface area contributed by atoms with Crippen LogP contribution in [0.5, 0.6) is 11.5 Å². The predicted octanol–water partition coefficient (Wildman–Crippen LogP) is 2.91. The van der Waals surface area contributed by atoms with E-state index in [1.165, 1.54) is 0 Å². The van der Waals surface area contributed by atoms with Crippen molar-refractivity contribution in [3.8, 4) is 11.5 Å². The SMILES string of the molecule is COc1cccc(C(N)=S)c1OCc1ccccc1. The van der Waals surface area contributed by atoms with Crippen LogP contribution in [0, 0.1) is 0 Å².